The van der Waals surface area contributed by atoms with Crippen molar-refractivity contribution in [3.8, 4) is 0 Å². The van der Waals surface area contributed by atoms with Gasteiger partial charge in [-0.3, -0.25) is 4.79 Å². The summed E-state index contributed by atoms with van der Waals surface area (Å²) in [4.78, 5) is 11.6. The minimum atomic E-state index is -0.484. The Morgan fingerprint density at radius 1 is 1.30 bits per heavy atom. The van der Waals surface area contributed by atoms with Crippen molar-refractivity contribution in [2.24, 2.45) is 17.6 Å². The van der Waals surface area contributed by atoms with Crippen LogP contribution in [0.15, 0.2) is 18.2 Å². The van der Waals surface area contributed by atoms with E-state index in [2.05, 4.69) is 19.2 Å². The van der Waals surface area contributed by atoms with Crippen LogP contribution in [0.25, 0.3) is 0 Å². The first-order valence-corrected chi connectivity index (χ1v) is 7.54. The van der Waals surface area contributed by atoms with Gasteiger partial charge < -0.3 is 11.1 Å². The number of amides is 1. The number of nitrogens with one attached hydrogen (secondary N) is 1. The van der Waals surface area contributed by atoms with Gasteiger partial charge in [0.1, 0.15) is 0 Å². The van der Waals surface area contributed by atoms with Gasteiger partial charge in [0, 0.05) is 16.6 Å². The highest BCUT2D eigenvalue weighted by Gasteiger charge is 2.17. The Bertz CT molecular complexity index is 461. The molecule has 0 aromatic heterocycles. The molecule has 0 saturated carbocycles. The van der Waals surface area contributed by atoms with Gasteiger partial charge in [-0.15, -0.1) is 0 Å². The molecule has 0 saturated heterocycles. The van der Waals surface area contributed by atoms with Crippen LogP contribution in [0.2, 0.25) is 10.0 Å². The summed E-state index contributed by atoms with van der Waals surface area (Å²) < 4.78 is 0. The van der Waals surface area contributed by atoms with Gasteiger partial charge in [0.05, 0.1) is 6.04 Å². The molecule has 0 bridgehead atoms. The number of nitrogens with two attached hydrogens (primary N) is 1. The van der Waals surface area contributed by atoms with Crippen molar-refractivity contribution >= 4 is 29.1 Å². The molecule has 0 heterocycles. The summed E-state index contributed by atoms with van der Waals surface area (Å²) in [5.41, 5.74) is 6.59. The lowest BCUT2D eigenvalue weighted by Crippen LogP contribution is -2.41. The predicted molar refractivity (Wildman–Crippen MR) is 85.2 cm³/mol. The van der Waals surface area contributed by atoms with Crippen LogP contribution in [0.1, 0.15) is 26.3 Å². The van der Waals surface area contributed by atoms with Crippen molar-refractivity contribution in [3.05, 3.63) is 33.8 Å². The summed E-state index contributed by atoms with van der Waals surface area (Å²) in [5.74, 6) is 0.601. The zero-order valence-electron chi connectivity index (χ0n) is 12.1. The molecular formula is C15H22Cl2N2O. The molecule has 5 heteroatoms. The molecule has 3 nitrogen and oxygen atoms in total. The van der Waals surface area contributed by atoms with Crippen LogP contribution in [0, 0.1) is 11.8 Å². The van der Waals surface area contributed by atoms with E-state index in [1.54, 1.807) is 13.0 Å². The first-order valence-electron chi connectivity index (χ1n) is 6.78. The average molecular weight is 317 g/mol. The smallest absolute Gasteiger partial charge is 0.236 e. The lowest BCUT2D eigenvalue weighted by atomic mass is 9.89. The van der Waals surface area contributed by atoms with Crippen LogP contribution in [0.4, 0.5) is 0 Å². The fourth-order valence-corrected chi connectivity index (χ4v) is 2.39. The molecular weight excluding hydrogens is 295 g/mol. The quantitative estimate of drug-likeness (QED) is 0.846. The van der Waals surface area contributed by atoms with Gasteiger partial charge in [-0.05, 0) is 42.9 Å². The first-order chi connectivity index (χ1) is 9.31. The number of rotatable bonds is 6. The summed E-state index contributed by atoms with van der Waals surface area (Å²) in [6, 6.07) is 5.03. The zero-order chi connectivity index (χ0) is 15.3. The van der Waals surface area contributed by atoms with E-state index in [4.69, 9.17) is 28.9 Å². The van der Waals surface area contributed by atoms with Crippen molar-refractivity contribution in [2.75, 3.05) is 6.54 Å². The molecule has 1 aromatic carbocycles. The molecule has 0 radical (unpaired) electrons. The van der Waals surface area contributed by atoms with Crippen LogP contribution in [-0.2, 0) is 11.2 Å². The minimum absolute atomic E-state index is 0.127. The van der Waals surface area contributed by atoms with Gasteiger partial charge in [0.2, 0.25) is 5.91 Å². The summed E-state index contributed by atoms with van der Waals surface area (Å²) in [7, 11) is 0. The predicted octanol–water partition coefficient (Wildman–Crippen LogP) is 3.27. The van der Waals surface area contributed by atoms with Crippen molar-refractivity contribution in [3.63, 3.8) is 0 Å². The Labute approximate surface area is 130 Å². The zero-order valence-corrected chi connectivity index (χ0v) is 13.6. The van der Waals surface area contributed by atoms with Crippen molar-refractivity contribution in [1.29, 1.82) is 0 Å². The molecule has 0 aliphatic rings. The second kappa shape index (κ2) is 7.87. The maximum Gasteiger partial charge on any atom is 0.236 e. The van der Waals surface area contributed by atoms with Gasteiger partial charge in [0.15, 0.2) is 0 Å². The van der Waals surface area contributed by atoms with Crippen LogP contribution in [-0.4, -0.2) is 18.5 Å². The third-order valence-corrected chi connectivity index (χ3v) is 3.98. The number of hydrogen-bond donors (Lipinski definition) is 2. The third kappa shape index (κ3) is 5.31. The molecule has 1 rings (SSSR count). The summed E-state index contributed by atoms with van der Waals surface area (Å²) in [6.07, 6.45) is 0.799. The fourth-order valence-electron chi connectivity index (χ4n) is 1.91. The van der Waals surface area contributed by atoms with Crippen LogP contribution in [0.5, 0.6) is 0 Å². The molecule has 0 aliphatic carbocycles. The third-order valence-electron chi connectivity index (χ3n) is 3.39. The highest BCUT2D eigenvalue weighted by Crippen LogP contribution is 2.25. The van der Waals surface area contributed by atoms with Crippen molar-refractivity contribution < 1.29 is 4.79 Å². The minimum Gasteiger partial charge on any atom is -0.354 e. The van der Waals surface area contributed by atoms with Gasteiger partial charge in [0.25, 0.3) is 0 Å². The highest BCUT2D eigenvalue weighted by molar-refractivity contribution is 6.35. The standard InChI is InChI=1S/C15H22Cl2N2O/c1-9(2)12(8-19-15(20)10(3)18)6-11-4-5-13(16)7-14(11)17/h4-5,7,9-10,12H,6,8,18H2,1-3H3,(H,19,20)/t10-,12?/m0/s1. The lowest BCUT2D eigenvalue weighted by molar-refractivity contribution is -0.122. The normalized spacial score (nSPS) is 14.2. The maximum atomic E-state index is 11.6. The Balaban J connectivity index is 2.70. The molecule has 0 aliphatic heterocycles. The Kier molecular flexibility index (Phi) is 6.80. The molecule has 112 valence electrons. The number of benzene rings is 1. The van der Waals surface area contributed by atoms with Crippen molar-refractivity contribution in [2.45, 2.75) is 33.2 Å². The van der Waals surface area contributed by atoms with Crippen molar-refractivity contribution in [1.82, 2.24) is 5.32 Å². The fraction of sp³-hybridized carbons (Fsp3) is 0.533. The van der Waals surface area contributed by atoms with Gasteiger partial charge in [-0.2, -0.15) is 0 Å². The van der Waals surface area contributed by atoms with Gasteiger partial charge in [-0.1, -0.05) is 43.1 Å². The Hall–Kier alpha value is -0.770. The topological polar surface area (TPSA) is 55.1 Å². The largest absolute Gasteiger partial charge is 0.354 e. The van der Waals surface area contributed by atoms with E-state index >= 15 is 0 Å². The maximum absolute atomic E-state index is 11.6. The first kappa shape index (κ1) is 17.3. The van der Waals surface area contributed by atoms with E-state index in [0.717, 1.165) is 12.0 Å². The van der Waals surface area contributed by atoms with E-state index < -0.39 is 6.04 Å². The van der Waals surface area contributed by atoms with E-state index in [0.29, 0.717) is 28.4 Å². The summed E-state index contributed by atoms with van der Waals surface area (Å²) in [5, 5.41) is 4.18. The van der Waals surface area contributed by atoms with E-state index in [1.165, 1.54) is 0 Å². The van der Waals surface area contributed by atoms with Crippen LogP contribution >= 0.6 is 23.2 Å². The van der Waals surface area contributed by atoms with Gasteiger partial charge in [-0.25, -0.2) is 0 Å². The number of hydrogen-bond acceptors (Lipinski definition) is 2. The number of carbonyl (C=O) groups excluding carboxylic acids is 1. The van der Waals surface area contributed by atoms with E-state index in [-0.39, 0.29) is 5.91 Å². The molecule has 3 N–H and O–H groups in total. The number of carbonyl (C=O) groups is 1. The second-order valence-corrected chi connectivity index (χ2v) is 6.32. The molecule has 2 atom stereocenters. The monoisotopic (exact) mass is 316 g/mol. The Morgan fingerprint density at radius 2 is 1.95 bits per heavy atom. The highest BCUT2D eigenvalue weighted by atomic mass is 35.5. The van der Waals surface area contributed by atoms with Gasteiger partial charge >= 0.3 is 0 Å². The molecule has 0 spiro atoms. The summed E-state index contributed by atoms with van der Waals surface area (Å²) in [6.45, 7) is 6.53. The lowest BCUT2D eigenvalue weighted by Gasteiger charge is -2.22. The molecule has 1 aromatic rings. The SMILES string of the molecule is CC(C)C(CNC(=O)[C@H](C)N)Cc1ccc(Cl)cc1Cl. The Morgan fingerprint density at radius 3 is 2.45 bits per heavy atom. The second-order valence-electron chi connectivity index (χ2n) is 5.48. The molecule has 1 unspecified atom stereocenters. The molecule has 20 heavy (non-hydrogen) atoms. The molecule has 0 fully saturated rings. The van der Waals surface area contributed by atoms with E-state index in [9.17, 15) is 4.79 Å². The van der Waals surface area contributed by atoms with Crippen LogP contribution < -0.4 is 11.1 Å². The molecule has 1 amide bonds. The average Bonchev–Trinajstić information content (AvgIpc) is 2.35. The summed E-state index contributed by atoms with van der Waals surface area (Å²) >= 11 is 12.1. The number of halogens is 2. The van der Waals surface area contributed by atoms with Crippen LogP contribution in [0.3, 0.4) is 0 Å². The van der Waals surface area contributed by atoms with E-state index in [1.807, 2.05) is 12.1 Å².